The second kappa shape index (κ2) is 13.9. The summed E-state index contributed by atoms with van der Waals surface area (Å²) in [5.74, 6) is -2.27. The van der Waals surface area contributed by atoms with Crippen LogP contribution in [-0.4, -0.2) is 59.9 Å². The number of rotatable bonds is 12. The average molecular weight is 628 g/mol. The SMILES string of the molecule is CSC(=NCC(C)(C)CNC(=O)O)Nc1cc(F)c(Oc2ccnc3c2c(Cl)cn3COCC[Si](C)(C)C)c(F)c1. The summed E-state index contributed by atoms with van der Waals surface area (Å²) < 4.78 is 43.5. The lowest BCUT2D eigenvalue weighted by Crippen LogP contribution is -2.35. The standard InChI is InChI=1S/C27H36ClF2N5O4SSi/c1-27(2,15-33-26(36)37)14-32-25(40-3)34-17-11-19(29)23(20(30)12-17)39-21-7-8-31-24-22(21)18(28)13-35(24)16-38-9-10-41(4,5)6/h7-8,11-13,33H,9-10,14-16H2,1-6H3,(H,32,34)(H,36,37). The highest BCUT2D eigenvalue weighted by Crippen LogP contribution is 2.37. The first-order chi connectivity index (χ1) is 19.2. The molecule has 0 fully saturated rings. The van der Waals surface area contributed by atoms with Crippen LogP contribution < -0.4 is 15.4 Å². The fraction of sp³-hybridized carbons (Fsp3) is 0.444. The molecule has 2 heterocycles. The molecule has 1 aromatic carbocycles. The number of amidine groups is 1. The van der Waals surface area contributed by atoms with Crippen molar-refractivity contribution in [2.24, 2.45) is 10.4 Å². The molecule has 0 atom stereocenters. The third-order valence-corrected chi connectivity index (χ3v) is 8.53. The van der Waals surface area contributed by atoms with Crippen LogP contribution >= 0.6 is 23.4 Å². The van der Waals surface area contributed by atoms with Crippen LogP contribution in [0.1, 0.15) is 13.8 Å². The van der Waals surface area contributed by atoms with Crippen molar-refractivity contribution in [1.82, 2.24) is 14.9 Å². The lowest BCUT2D eigenvalue weighted by Gasteiger charge is -2.22. The van der Waals surface area contributed by atoms with E-state index in [4.69, 9.17) is 26.2 Å². The number of anilines is 1. The number of aliphatic imine (C=N–C) groups is 1. The number of hydrogen-bond acceptors (Lipinski definition) is 6. The largest absolute Gasteiger partial charge is 0.465 e. The van der Waals surface area contributed by atoms with Gasteiger partial charge in [-0.15, -0.1) is 0 Å². The third-order valence-electron chi connectivity index (χ3n) is 5.92. The Labute approximate surface area is 248 Å². The topological polar surface area (TPSA) is 110 Å². The van der Waals surface area contributed by atoms with E-state index < -0.39 is 37.0 Å². The number of nitrogens with zero attached hydrogens (tertiary/aromatic N) is 3. The first-order valence-electron chi connectivity index (χ1n) is 12.9. The fourth-order valence-corrected chi connectivity index (χ4v) is 5.10. The van der Waals surface area contributed by atoms with Crippen LogP contribution in [0.5, 0.6) is 11.5 Å². The lowest BCUT2D eigenvalue weighted by atomic mass is 9.94. The predicted molar refractivity (Wildman–Crippen MR) is 165 cm³/mol. The number of carboxylic acid groups (broad SMARTS) is 1. The summed E-state index contributed by atoms with van der Waals surface area (Å²) in [5.41, 5.74) is 0.147. The monoisotopic (exact) mass is 627 g/mol. The normalized spacial score (nSPS) is 12.6. The molecule has 3 aromatic rings. The zero-order valence-corrected chi connectivity index (χ0v) is 26.6. The number of aromatic nitrogens is 2. The number of halogens is 3. The summed E-state index contributed by atoms with van der Waals surface area (Å²) in [5, 5.41) is 15.2. The lowest BCUT2D eigenvalue weighted by molar-refractivity contribution is 0.0899. The van der Waals surface area contributed by atoms with Gasteiger partial charge < -0.3 is 29.8 Å². The third kappa shape index (κ3) is 9.59. The van der Waals surface area contributed by atoms with Crippen LogP contribution in [-0.2, 0) is 11.5 Å². The molecule has 9 nitrogen and oxygen atoms in total. The van der Waals surface area contributed by atoms with E-state index in [1.54, 1.807) is 17.0 Å². The summed E-state index contributed by atoms with van der Waals surface area (Å²) in [6, 6.07) is 4.73. The molecular weight excluding hydrogens is 592 g/mol. The summed E-state index contributed by atoms with van der Waals surface area (Å²) in [6.45, 7) is 11.8. The van der Waals surface area contributed by atoms with Gasteiger partial charge in [0, 0.05) is 63.4 Å². The van der Waals surface area contributed by atoms with Gasteiger partial charge in [0.2, 0.25) is 0 Å². The maximum atomic E-state index is 15.1. The number of fused-ring (bicyclic) bond motifs is 1. The molecule has 0 spiro atoms. The van der Waals surface area contributed by atoms with Crippen molar-refractivity contribution < 1.29 is 28.2 Å². The van der Waals surface area contributed by atoms with Crippen LogP contribution in [0.25, 0.3) is 11.0 Å². The maximum absolute atomic E-state index is 15.1. The molecule has 41 heavy (non-hydrogen) atoms. The van der Waals surface area contributed by atoms with Crippen LogP contribution in [0.4, 0.5) is 19.3 Å². The first kappa shape index (κ1) is 32.6. The van der Waals surface area contributed by atoms with Gasteiger partial charge in [-0.1, -0.05) is 56.9 Å². The van der Waals surface area contributed by atoms with Crippen LogP contribution in [0.2, 0.25) is 30.7 Å². The molecule has 224 valence electrons. The Morgan fingerprint density at radius 3 is 2.56 bits per heavy atom. The Morgan fingerprint density at radius 1 is 1.27 bits per heavy atom. The number of amides is 1. The van der Waals surface area contributed by atoms with Gasteiger partial charge in [-0.2, -0.15) is 0 Å². The maximum Gasteiger partial charge on any atom is 0.404 e. The van der Waals surface area contributed by atoms with Gasteiger partial charge in [0.15, 0.2) is 22.6 Å². The molecule has 0 bridgehead atoms. The van der Waals surface area contributed by atoms with Gasteiger partial charge in [-0.05, 0) is 18.4 Å². The smallest absolute Gasteiger partial charge is 0.404 e. The molecule has 0 aliphatic heterocycles. The first-order valence-corrected chi connectivity index (χ1v) is 18.2. The number of pyridine rings is 1. The number of nitrogens with one attached hydrogen (secondary N) is 2. The van der Waals surface area contributed by atoms with Gasteiger partial charge in [0.05, 0.1) is 10.4 Å². The fourth-order valence-electron chi connectivity index (χ4n) is 3.64. The van der Waals surface area contributed by atoms with Gasteiger partial charge in [0.1, 0.15) is 18.1 Å². The molecule has 3 rings (SSSR count). The number of hydrogen-bond donors (Lipinski definition) is 3. The van der Waals surface area contributed by atoms with Crippen LogP contribution in [0.15, 0.2) is 35.6 Å². The van der Waals surface area contributed by atoms with Crippen molar-refractivity contribution in [2.45, 2.75) is 46.3 Å². The van der Waals surface area contributed by atoms with E-state index in [2.05, 4.69) is 40.3 Å². The van der Waals surface area contributed by atoms with E-state index in [0.29, 0.717) is 27.8 Å². The van der Waals surface area contributed by atoms with Crippen molar-refractivity contribution in [2.75, 3.05) is 31.3 Å². The van der Waals surface area contributed by atoms with Crippen molar-refractivity contribution in [1.29, 1.82) is 0 Å². The average Bonchev–Trinajstić information content (AvgIpc) is 3.21. The summed E-state index contributed by atoms with van der Waals surface area (Å²) in [4.78, 5) is 19.6. The zero-order valence-electron chi connectivity index (χ0n) is 24.0. The molecular formula is C27H36ClF2N5O4SSi. The summed E-state index contributed by atoms with van der Waals surface area (Å²) >= 11 is 7.73. The molecule has 2 aromatic heterocycles. The minimum absolute atomic E-state index is 0.140. The van der Waals surface area contributed by atoms with Crippen molar-refractivity contribution in [3.8, 4) is 11.5 Å². The molecule has 3 N–H and O–H groups in total. The highest BCUT2D eigenvalue weighted by atomic mass is 35.5. The minimum atomic E-state index is -1.24. The molecule has 0 saturated heterocycles. The van der Waals surface area contributed by atoms with Gasteiger partial charge in [-0.3, -0.25) is 4.99 Å². The number of ether oxygens (including phenoxy) is 2. The minimum Gasteiger partial charge on any atom is -0.465 e. The van der Waals surface area contributed by atoms with E-state index in [-0.39, 0.29) is 31.3 Å². The Hall–Kier alpha value is -2.87. The number of benzene rings is 1. The van der Waals surface area contributed by atoms with E-state index in [0.717, 1.165) is 18.2 Å². The van der Waals surface area contributed by atoms with Crippen LogP contribution in [0.3, 0.4) is 0 Å². The molecule has 14 heteroatoms. The molecule has 0 aliphatic carbocycles. The number of carbonyl (C=O) groups is 1. The quantitative estimate of drug-likeness (QED) is 0.0825. The second-order valence-electron chi connectivity index (χ2n) is 11.4. The molecule has 1 amide bonds. The van der Waals surface area contributed by atoms with E-state index >= 15 is 8.78 Å². The summed E-state index contributed by atoms with van der Waals surface area (Å²) in [7, 11) is -1.24. The molecule has 0 unspecified atom stereocenters. The Balaban J connectivity index is 1.76. The molecule has 0 aliphatic rings. The van der Waals surface area contributed by atoms with E-state index in [1.807, 2.05) is 13.8 Å². The Bertz CT molecular complexity index is 1390. The van der Waals surface area contributed by atoms with Crippen molar-refractivity contribution >= 4 is 59.4 Å². The molecule has 0 saturated carbocycles. The van der Waals surface area contributed by atoms with Gasteiger partial charge >= 0.3 is 6.09 Å². The Kier molecular flexibility index (Phi) is 11.0. The Morgan fingerprint density at radius 2 is 1.95 bits per heavy atom. The van der Waals surface area contributed by atoms with Crippen molar-refractivity contribution in [3.63, 3.8) is 0 Å². The van der Waals surface area contributed by atoms with Gasteiger partial charge in [0.25, 0.3) is 0 Å². The zero-order chi connectivity index (χ0) is 30.4. The number of thioether (sulfide) groups is 1. The summed E-state index contributed by atoms with van der Waals surface area (Å²) in [6.07, 6.45) is 3.78. The van der Waals surface area contributed by atoms with Crippen molar-refractivity contribution in [3.05, 3.63) is 47.2 Å². The van der Waals surface area contributed by atoms with E-state index in [1.165, 1.54) is 24.0 Å². The highest BCUT2D eigenvalue weighted by molar-refractivity contribution is 8.13. The highest BCUT2D eigenvalue weighted by Gasteiger charge is 2.21. The molecule has 0 radical (unpaired) electrons. The van der Waals surface area contributed by atoms with Gasteiger partial charge in [-0.25, -0.2) is 18.6 Å². The van der Waals surface area contributed by atoms with Crippen LogP contribution in [0, 0.1) is 17.0 Å². The predicted octanol–water partition coefficient (Wildman–Crippen LogP) is 7.50. The van der Waals surface area contributed by atoms with E-state index in [9.17, 15) is 4.79 Å². The second-order valence-corrected chi connectivity index (χ2v) is 18.3.